The Hall–Kier alpha value is -2.51. The predicted octanol–water partition coefficient (Wildman–Crippen LogP) is 3.09. The highest BCUT2D eigenvalue weighted by molar-refractivity contribution is 5.93. The first-order valence-corrected chi connectivity index (χ1v) is 10.8. The van der Waals surface area contributed by atoms with Crippen molar-refractivity contribution in [2.45, 2.75) is 78.0 Å². The number of aromatic nitrogens is 1. The zero-order valence-electron chi connectivity index (χ0n) is 18.9. The number of nitrogens with zero attached hydrogens (tertiary/aromatic N) is 2. The molecule has 0 aliphatic carbocycles. The molecule has 30 heavy (non-hydrogen) atoms. The summed E-state index contributed by atoms with van der Waals surface area (Å²) in [4.78, 5) is 38.4. The second kappa shape index (κ2) is 10.5. The lowest BCUT2D eigenvalue weighted by atomic mass is 10.0. The van der Waals surface area contributed by atoms with Crippen molar-refractivity contribution >= 4 is 17.9 Å². The first-order valence-electron chi connectivity index (χ1n) is 10.8. The highest BCUT2D eigenvalue weighted by Gasteiger charge is 2.28. The summed E-state index contributed by atoms with van der Waals surface area (Å²) in [6.45, 7) is 11.0. The van der Waals surface area contributed by atoms with Crippen molar-refractivity contribution in [3.05, 3.63) is 24.0 Å². The van der Waals surface area contributed by atoms with E-state index in [0.29, 0.717) is 25.3 Å². The average molecular weight is 421 g/mol. The Kier molecular flexibility index (Phi) is 8.32. The van der Waals surface area contributed by atoms with Gasteiger partial charge in [-0.2, -0.15) is 0 Å². The van der Waals surface area contributed by atoms with Crippen LogP contribution in [0.5, 0.6) is 0 Å². The molecule has 8 heteroatoms. The minimum absolute atomic E-state index is 0.0606. The Balaban J connectivity index is 1.85. The highest BCUT2D eigenvalue weighted by Crippen LogP contribution is 2.25. The van der Waals surface area contributed by atoms with E-state index in [0.717, 1.165) is 19.3 Å². The summed E-state index contributed by atoms with van der Waals surface area (Å²) in [6.07, 6.45) is 4.25. The second-order valence-electron chi connectivity index (χ2n) is 8.88. The van der Waals surface area contributed by atoms with Crippen LogP contribution in [-0.2, 0) is 9.53 Å². The van der Waals surface area contributed by atoms with E-state index in [2.05, 4.69) is 10.6 Å². The van der Waals surface area contributed by atoms with Gasteiger partial charge in [-0.1, -0.05) is 6.92 Å². The number of piperidine rings is 1. The summed E-state index contributed by atoms with van der Waals surface area (Å²) >= 11 is 0. The zero-order valence-corrected chi connectivity index (χ0v) is 18.9. The molecule has 1 saturated heterocycles. The molecular weight excluding hydrogens is 384 g/mol. The maximum Gasteiger partial charge on any atom is 0.410 e. The topological polar surface area (TPSA) is 92.7 Å². The number of rotatable bonds is 7. The molecule has 0 spiro atoms. The van der Waals surface area contributed by atoms with Gasteiger partial charge >= 0.3 is 6.09 Å². The van der Waals surface area contributed by atoms with Gasteiger partial charge < -0.3 is 24.8 Å². The van der Waals surface area contributed by atoms with E-state index in [4.69, 9.17) is 4.74 Å². The molecule has 3 amide bonds. The zero-order chi connectivity index (χ0) is 22.3. The molecule has 1 fully saturated rings. The first kappa shape index (κ1) is 23.8. The Morgan fingerprint density at radius 1 is 1.23 bits per heavy atom. The summed E-state index contributed by atoms with van der Waals surface area (Å²) in [6, 6.07) is 3.92. The fourth-order valence-electron chi connectivity index (χ4n) is 3.39. The molecule has 168 valence electrons. The molecule has 8 nitrogen and oxygen atoms in total. The molecule has 0 saturated carbocycles. The van der Waals surface area contributed by atoms with Gasteiger partial charge in [0, 0.05) is 44.3 Å². The van der Waals surface area contributed by atoms with Crippen LogP contribution < -0.4 is 10.6 Å². The lowest BCUT2D eigenvalue weighted by Crippen LogP contribution is -2.42. The smallest absolute Gasteiger partial charge is 0.410 e. The van der Waals surface area contributed by atoms with Crippen molar-refractivity contribution in [1.29, 1.82) is 0 Å². The maximum absolute atomic E-state index is 12.6. The Labute approximate surface area is 179 Å². The van der Waals surface area contributed by atoms with Crippen molar-refractivity contribution < 1.29 is 19.1 Å². The molecule has 1 aromatic rings. The SMILES string of the molecule is CCC(C)NC(=O)CCNC(=O)c1cccn1C1CCN(C(=O)OC(C)(C)C)CC1. The van der Waals surface area contributed by atoms with Gasteiger partial charge in [0.1, 0.15) is 11.3 Å². The van der Waals surface area contributed by atoms with Crippen LogP contribution >= 0.6 is 0 Å². The van der Waals surface area contributed by atoms with E-state index < -0.39 is 5.60 Å². The van der Waals surface area contributed by atoms with Crippen molar-refractivity contribution in [2.24, 2.45) is 0 Å². The summed E-state index contributed by atoms with van der Waals surface area (Å²) < 4.78 is 7.42. The van der Waals surface area contributed by atoms with E-state index in [1.165, 1.54) is 0 Å². The quantitative estimate of drug-likeness (QED) is 0.709. The van der Waals surface area contributed by atoms with E-state index in [9.17, 15) is 14.4 Å². The average Bonchev–Trinajstić information content (AvgIpc) is 3.16. The third kappa shape index (κ3) is 7.07. The van der Waals surface area contributed by atoms with Crippen LogP contribution in [0.2, 0.25) is 0 Å². The molecule has 1 unspecified atom stereocenters. The minimum atomic E-state index is -0.509. The van der Waals surface area contributed by atoms with Crippen LogP contribution in [0.1, 0.15) is 76.8 Å². The van der Waals surface area contributed by atoms with Crippen molar-refractivity contribution in [2.75, 3.05) is 19.6 Å². The van der Waals surface area contributed by atoms with Gasteiger partial charge in [0.05, 0.1) is 0 Å². The molecule has 2 rings (SSSR count). The van der Waals surface area contributed by atoms with Gasteiger partial charge in [0.2, 0.25) is 5.91 Å². The number of carbonyl (C=O) groups excluding carboxylic acids is 3. The molecular formula is C22H36N4O4. The van der Waals surface area contributed by atoms with Gasteiger partial charge in [0.25, 0.3) is 5.91 Å². The molecule has 0 radical (unpaired) electrons. The van der Waals surface area contributed by atoms with E-state index in [1.807, 2.05) is 51.4 Å². The van der Waals surface area contributed by atoms with Gasteiger partial charge in [-0.3, -0.25) is 9.59 Å². The fraction of sp³-hybridized carbons (Fsp3) is 0.682. The number of ether oxygens (including phenoxy) is 1. The largest absolute Gasteiger partial charge is 0.444 e. The lowest BCUT2D eigenvalue weighted by molar-refractivity contribution is -0.121. The Morgan fingerprint density at radius 3 is 2.50 bits per heavy atom. The normalized spacial score (nSPS) is 16.1. The van der Waals surface area contributed by atoms with Crippen LogP contribution in [0.15, 0.2) is 18.3 Å². The summed E-state index contributed by atoms with van der Waals surface area (Å²) in [7, 11) is 0. The van der Waals surface area contributed by atoms with Crippen LogP contribution in [0.3, 0.4) is 0 Å². The number of likely N-dealkylation sites (tertiary alicyclic amines) is 1. The third-order valence-electron chi connectivity index (χ3n) is 5.18. The standard InChI is InChI=1S/C22H36N4O4/c1-6-16(2)24-19(27)9-12-23-20(28)18-8-7-13-26(18)17-10-14-25(15-11-17)21(29)30-22(3,4)5/h7-8,13,16-17H,6,9-12,14-15H2,1-5H3,(H,23,28)(H,24,27). The van der Waals surface area contributed by atoms with Crippen LogP contribution in [0.4, 0.5) is 4.79 Å². The molecule has 1 aliphatic rings. The van der Waals surface area contributed by atoms with Gasteiger partial charge in [-0.15, -0.1) is 0 Å². The van der Waals surface area contributed by atoms with Gasteiger partial charge in [-0.25, -0.2) is 4.79 Å². The Bertz CT molecular complexity index is 730. The monoisotopic (exact) mass is 420 g/mol. The van der Waals surface area contributed by atoms with Crippen molar-refractivity contribution in [3.63, 3.8) is 0 Å². The number of carbonyl (C=O) groups is 3. The predicted molar refractivity (Wildman–Crippen MR) is 115 cm³/mol. The van der Waals surface area contributed by atoms with E-state index in [-0.39, 0.29) is 36.4 Å². The summed E-state index contributed by atoms with van der Waals surface area (Å²) in [5.41, 5.74) is 0.0681. The first-order chi connectivity index (χ1) is 14.1. The van der Waals surface area contributed by atoms with E-state index in [1.54, 1.807) is 11.0 Å². The van der Waals surface area contributed by atoms with Crippen LogP contribution in [-0.4, -0.2) is 58.7 Å². The summed E-state index contributed by atoms with van der Waals surface area (Å²) in [5.74, 6) is -0.250. The molecule has 1 aromatic heterocycles. The maximum atomic E-state index is 12.6. The number of hydrogen-bond donors (Lipinski definition) is 2. The molecule has 2 heterocycles. The number of nitrogens with one attached hydrogen (secondary N) is 2. The fourth-order valence-corrected chi connectivity index (χ4v) is 3.39. The molecule has 0 bridgehead atoms. The third-order valence-corrected chi connectivity index (χ3v) is 5.18. The molecule has 1 atom stereocenters. The molecule has 0 aromatic carbocycles. The van der Waals surface area contributed by atoms with E-state index >= 15 is 0 Å². The highest BCUT2D eigenvalue weighted by atomic mass is 16.6. The molecule has 1 aliphatic heterocycles. The van der Waals surface area contributed by atoms with Crippen molar-refractivity contribution in [1.82, 2.24) is 20.1 Å². The minimum Gasteiger partial charge on any atom is -0.444 e. The Morgan fingerprint density at radius 2 is 1.90 bits per heavy atom. The van der Waals surface area contributed by atoms with Crippen molar-refractivity contribution in [3.8, 4) is 0 Å². The second-order valence-corrected chi connectivity index (χ2v) is 8.88. The lowest BCUT2D eigenvalue weighted by Gasteiger charge is -2.34. The molecule has 2 N–H and O–H groups in total. The van der Waals surface area contributed by atoms with Crippen LogP contribution in [0, 0.1) is 0 Å². The van der Waals surface area contributed by atoms with Gasteiger partial charge in [0.15, 0.2) is 0 Å². The number of amides is 3. The van der Waals surface area contributed by atoms with Gasteiger partial charge in [-0.05, 0) is 59.1 Å². The summed E-state index contributed by atoms with van der Waals surface area (Å²) in [5, 5.41) is 5.72. The number of hydrogen-bond acceptors (Lipinski definition) is 4. The van der Waals surface area contributed by atoms with Crippen LogP contribution in [0.25, 0.3) is 0 Å².